The van der Waals surface area contributed by atoms with Crippen molar-refractivity contribution >= 4 is 12.2 Å². The molecule has 0 aliphatic heterocycles. The van der Waals surface area contributed by atoms with Crippen LogP contribution in [0.1, 0.15) is 25.1 Å². The number of H-pyrrole nitrogens is 1. The zero-order valence-corrected chi connectivity index (χ0v) is 13.3. The van der Waals surface area contributed by atoms with E-state index < -0.39 is 0 Å². The van der Waals surface area contributed by atoms with Crippen molar-refractivity contribution in [1.82, 2.24) is 15.2 Å². The summed E-state index contributed by atoms with van der Waals surface area (Å²) >= 11 is 0. The van der Waals surface area contributed by atoms with Gasteiger partial charge in [-0.1, -0.05) is 0 Å². The van der Waals surface area contributed by atoms with Crippen LogP contribution in [0.2, 0.25) is 0 Å². The zero-order chi connectivity index (χ0) is 16.7. The average Bonchev–Trinajstić information content (AvgIpc) is 2.53. The van der Waals surface area contributed by atoms with Crippen molar-refractivity contribution in [3.8, 4) is 11.5 Å². The van der Waals surface area contributed by atoms with Crippen molar-refractivity contribution < 1.29 is 9.47 Å². The first-order valence-electron chi connectivity index (χ1n) is 7.26. The molecule has 23 heavy (non-hydrogen) atoms. The molecule has 8 nitrogen and oxygen atoms in total. The summed E-state index contributed by atoms with van der Waals surface area (Å²) in [4.78, 5) is 13.9. The molecule has 0 saturated heterocycles. The Bertz CT molecular complexity index is 742. The Morgan fingerprint density at radius 2 is 2.04 bits per heavy atom. The first-order chi connectivity index (χ1) is 11.1. The Morgan fingerprint density at radius 1 is 1.26 bits per heavy atom. The molecule has 0 fully saturated rings. The Kier molecular flexibility index (Phi) is 5.67. The third-order valence-corrected chi connectivity index (χ3v) is 2.83. The highest BCUT2D eigenvalue weighted by atomic mass is 16.5. The van der Waals surface area contributed by atoms with Crippen molar-refractivity contribution in [3.05, 3.63) is 39.8 Å². The minimum atomic E-state index is -0.311. The lowest BCUT2D eigenvalue weighted by molar-refractivity contribution is 0.323. The van der Waals surface area contributed by atoms with Gasteiger partial charge in [-0.15, -0.1) is 10.2 Å². The summed E-state index contributed by atoms with van der Waals surface area (Å²) in [6.07, 6.45) is 1.57. The van der Waals surface area contributed by atoms with Crippen molar-refractivity contribution in [2.24, 2.45) is 5.10 Å². The number of ether oxygens (including phenoxy) is 2. The predicted molar refractivity (Wildman–Crippen MR) is 87.4 cm³/mol. The number of aromatic amines is 1. The Balaban J connectivity index is 2.14. The average molecular weight is 317 g/mol. The zero-order valence-electron chi connectivity index (χ0n) is 13.3. The van der Waals surface area contributed by atoms with Crippen LogP contribution >= 0.6 is 0 Å². The Hall–Kier alpha value is -2.90. The number of nitrogens with zero attached hydrogens (tertiary/aromatic N) is 3. The summed E-state index contributed by atoms with van der Waals surface area (Å²) in [6.45, 7) is 6.51. The molecule has 0 aliphatic carbocycles. The first kappa shape index (κ1) is 16.5. The van der Waals surface area contributed by atoms with E-state index in [9.17, 15) is 4.79 Å². The topological polar surface area (TPSA) is 101 Å². The van der Waals surface area contributed by atoms with Crippen LogP contribution in [0.5, 0.6) is 11.5 Å². The van der Waals surface area contributed by atoms with E-state index in [1.54, 1.807) is 13.1 Å². The summed E-state index contributed by atoms with van der Waals surface area (Å²) in [5.41, 5.74) is 3.38. The van der Waals surface area contributed by atoms with Crippen LogP contribution in [0.4, 0.5) is 5.95 Å². The fourth-order valence-corrected chi connectivity index (χ4v) is 1.76. The molecule has 0 bridgehead atoms. The van der Waals surface area contributed by atoms with E-state index in [-0.39, 0.29) is 11.5 Å². The number of hydrogen-bond acceptors (Lipinski definition) is 7. The summed E-state index contributed by atoms with van der Waals surface area (Å²) in [6, 6.07) is 5.48. The van der Waals surface area contributed by atoms with Gasteiger partial charge in [0.25, 0.3) is 5.56 Å². The number of aryl methyl sites for hydroxylation is 1. The fraction of sp³-hybridized carbons (Fsp3) is 0.333. The molecule has 0 atom stereocenters. The Morgan fingerprint density at radius 3 is 2.74 bits per heavy atom. The molecule has 122 valence electrons. The number of nitrogens with one attached hydrogen (secondary N) is 2. The van der Waals surface area contributed by atoms with Gasteiger partial charge in [0.2, 0.25) is 5.95 Å². The van der Waals surface area contributed by atoms with E-state index in [1.807, 2.05) is 32.0 Å². The van der Waals surface area contributed by atoms with E-state index in [4.69, 9.17) is 9.47 Å². The van der Waals surface area contributed by atoms with Gasteiger partial charge in [-0.05, 0) is 32.9 Å². The van der Waals surface area contributed by atoms with Crippen molar-refractivity contribution in [3.63, 3.8) is 0 Å². The van der Waals surface area contributed by atoms with Crippen molar-refractivity contribution in [2.75, 3.05) is 18.6 Å². The van der Waals surface area contributed by atoms with Crippen LogP contribution in [0.25, 0.3) is 0 Å². The molecule has 0 radical (unpaired) electrons. The molecule has 1 heterocycles. The molecular weight excluding hydrogens is 298 g/mol. The highest BCUT2D eigenvalue weighted by molar-refractivity contribution is 5.84. The maximum atomic E-state index is 11.4. The second kappa shape index (κ2) is 7.92. The molecule has 2 N–H and O–H groups in total. The van der Waals surface area contributed by atoms with Crippen LogP contribution in [0.3, 0.4) is 0 Å². The fourth-order valence-electron chi connectivity index (χ4n) is 1.76. The van der Waals surface area contributed by atoms with Gasteiger partial charge in [-0.25, -0.2) is 5.43 Å². The normalized spacial score (nSPS) is 10.7. The number of aromatic nitrogens is 3. The second-order valence-corrected chi connectivity index (χ2v) is 4.52. The van der Waals surface area contributed by atoms with E-state index in [0.717, 1.165) is 11.3 Å². The lowest BCUT2D eigenvalue weighted by Gasteiger charge is -2.09. The third kappa shape index (κ3) is 4.53. The van der Waals surface area contributed by atoms with Crippen LogP contribution < -0.4 is 20.5 Å². The van der Waals surface area contributed by atoms with E-state index in [1.165, 1.54) is 0 Å². The monoisotopic (exact) mass is 317 g/mol. The maximum absolute atomic E-state index is 11.4. The number of hydrogen-bond donors (Lipinski definition) is 2. The number of rotatable bonds is 7. The largest absolute Gasteiger partial charge is 0.494 e. The van der Waals surface area contributed by atoms with Gasteiger partial charge in [-0.2, -0.15) is 5.10 Å². The summed E-state index contributed by atoms with van der Waals surface area (Å²) in [7, 11) is 0. The van der Waals surface area contributed by atoms with E-state index in [0.29, 0.717) is 24.7 Å². The van der Waals surface area contributed by atoms with Gasteiger partial charge in [0.15, 0.2) is 0 Å². The third-order valence-electron chi connectivity index (χ3n) is 2.83. The number of hydrazone groups is 1. The summed E-state index contributed by atoms with van der Waals surface area (Å²) < 4.78 is 11.0. The minimum Gasteiger partial charge on any atom is -0.494 e. The number of benzene rings is 1. The molecule has 2 aromatic rings. The van der Waals surface area contributed by atoms with Gasteiger partial charge in [0.05, 0.1) is 19.4 Å². The Labute approximate surface area is 133 Å². The number of anilines is 1. The second-order valence-electron chi connectivity index (χ2n) is 4.52. The highest BCUT2D eigenvalue weighted by Gasteiger charge is 2.04. The van der Waals surface area contributed by atoms with Gasteiger partial charge < -0.3 is 9.47 Å². The van der Waals surface area contributed by atoms with Gasteiger partial charge in [0.1, 0.15) is 17.2 Å². The van der Waals surface area contributed by atoms with Gasteiger partial charge in [-0.3, -0.25) is 9.78 Å². The molecular formula is C15H19N5O3. The lowest BCUT2D eigenvalue weighted by atomic mass is 10.2. The molecule has 0 saturated carbocycles. The molecule has 1 aromatic heterocycles. The molecule has 1 aromatic carbocycles. The SMILES string of the molecule is CCOc1ccc(/C=N/Nc2nnc(C)c(=O)[nH]2)c(OCC)c1. The summed E-state index contributed by atoms with van der Waals surface area (Å²) in [5.74, 6) is 1.56. The molecule has 0 spiro atoms. The quantitative estimate of drug-likeness (QED) is 0.595. The van der Waals surface area contributed by atoms with E-state index in [2.05, 4.69) is 25.7 Å². The molecule has 0 amide bonds. The van der Waals surface area contributed by atoms with Crippen molar-refractivity contribution in [1.29, 1.82) is 0 Å². The smallest absolute Gasteiger partial charge is 0.274 e. The molecule has 0 aliphatic rings. The molecule has 2 rings (SSSR count). The molecule has 8 heteroatoms. The van der Waals surface area contributed by atoms with Gasteiger partial charge >= 0.3 is 0 Å². The van der Waals surface area contributed by atoms with Crippen LogP contribution in [0.15, 0.2) is 28.1 Å². The highest BCUT2D eigenvalue weighted by Crippen LogP contribution is 2.24. The van der Waals surface area contributed by atoms with Crippen LogP contribution in [0, 0.1) is 6.92 Å². The van der Waals surface area contributed by atoms with Crippen LogP contribution in [-0.4, -0.2) is 34.6 Å². The summed E-state index contributed by atoms with van der Waals surface area (Å²) in [5, 5.41) is 11.5. The van der Waals surface area contributed by atoms with E-state index >= 15 is 0 Å². The molecule has 0 unspecified atom stereocenters. The minimum absolute atomic E-state index is 0.167. The maximum Gasteiger partial charge on any atom is 0.274 e. The first-order valence-corrected chi connectivity index (χ1v) is 7.26. The predicted octanol–water partition coefficient (Wildman–Crippen LogP) is 1.72. The van der Waals surface area contributed by atoms with Crippen LogP contribution in [-0.2, 0) is 0 Å². The van der Waals surface area contributed by atoms with Crippen molar-refractivity contribution in [2.45, 2.75) is 20.8 Å². The standard InChI is InChI=1S/C15H19N5O3/c1-4-22-12-7-6-11(13(8-12)23-5-2)9-16-19-15-17-14(21)10(3)18-20-15/h6-9H,4-5H2,1-3H3,(H2,17,19,20,21)/b16-9+. The lowest BCUT2D eigenvalue weighted by Crippen LogP contribution is -2.15. The van der Waals surface area contributed by atoms with Gasteiger partial charge in [0, 0.05) is 11.6 Å².